The number of carbonyl (C=O) groups excluding carboxylic acids is 1. The van der Waals surface area contributed by atoms with Gasteiger partial charge in [-0.25, -0.2) is 4.98 Å². The van der Waals surface area contributed by atoms with Crippen LogP contribution in [0, 0.1) is 0 Å². The molecule has 0 spiro atoms. The highest BCUT2D eigenvalue weighted by molar-refractivity contribution is 5.72. The number of para-hydroxylation sites is 2. The lowest BCUT2D eigenvalue weighted by atomic mass is 10.3. The molecule has 19 heavy (non-hydrogen) atoms. The second-order valence-corrected chi connectivity index (χ2v) is 4.16. The molecule has 0 aliphatic rings. The normalized spacial score (nSPS) is 10.8. The molecular weight excluding hydrogens is 244 g/mol. The lowest BCUT2D eigenvalue weighted by molar-refractivity contribution is -0.143. The summed E-state index contributed by atoms with van der Waals surface area (Å²) in [7, 11) is 0. The number of carbonyl (C=O) groups is 1. The molecule has 102 valence electrons. The minimum absolute atomic E-state index is 0.147. The van der Waals surface area contributed by atoms with E-state index in [1.807, 2.05) is 31.2 Å². The first-order valence-corrected chi connectivity index (χ1v) is 6.50. The zero-order valence-electron chi connectivity index (χ0n) is 11.0. The average molecular weight is 262 g/mol. The summed E-state index contributed by atoms with van der Waals surface area (Å²) in [5.74, 6) is 0.517. The maximum absolute atomic E-state index is 11.1. The van der Waals surface area contributed by atoms with Crippen molar-refractivity contribution in [3.63, 3.8) is 0 Å². The molecule has 1 aromatic heterocycles. The quantitative estimate of drug-likeness (QED) is 0.612. The Balaban J connectivity index is 1.69. The molecule has 0 amide bonds. The largest absolute Gasteiger partial charge is 0.466 e. The predicted octanol–water partition coefficient (Wildman–Crippen LogP) is 2.26. The molecule has 2 rings (SSSR count). The van der Waals surface area contributed by atoms with Gasteiger partial charge in [0.2, 0.25) is 5.89 Å². The second-order valence-electron chi connectivity index (χ2n) is 4.16. The molecule has 0 radical (unpaired) electrons. The molecule has 5 nitrogen and oxygen atoms in total. The monoisotopic (exact) mass is 262 g/mol. The molecule has 5 heteroatoms. The number of hydrogen-bond acceptors (Lipinski definition) is 5. The number of rotatable bonds is 7. The van der Waals surface area contributed by atoms with E-state index in [2.05, 4.69) is 10.3 Å². The number of nitrogens with one attached hydrogen (secondary N) is 1. The van der Waals surface area contributed by atoms with Gasteiger partial charge in [-0.05, 0) is 32.0 Å². The van der Waals surface area contributed by atoms with Gasteiger partial charge in [-0.3, -0.25) is 4.79 Å². The Morgan fingerprint density at radius 2 is 2.26 bits per heavy atom. The Morgan fingerprint density at radius 3 is 3.05 bits per heavy atom. The molecule has 1 heterocycles. The molecule has 0 aliphatic carbocycles. The maximum Gasteiger partial charge on any atom is 0.305 e. The fraction of sp³-hybridized carbons (Fsp3) is 0.429. The summed E-state index contributed by atoms with van der Waals surface area (Å²) in [6, 6.07) is 7.67. The number of fused-ring (bicyclic) bond motifs is 1. The van der Waals surface area contributed by atoms with Gasteiger partial charge in [0.25, 0.3) is 0 Å². The molecule has 0 bridgehead atoms. The first-order valence-electron chi connectivity index (χ1n) is 6.50. The van der Waals surface area contributed by atoms with Crippen LogP contribution in [0.1, 0.15) is 25.7 Å². The molecule has 0 saturated carbocycles. The molecule has 0 aliphatic heterocycles. The van der Waals surface area contributed by atoms with Crippen LogP contribution < -0.4 is 5.32 Å². The van der Waals surface area contributed by atoms with E-state index in [0.717, 1.165) is 24.1 Å². The first kappa shape index (κ1) is 13.5. The van der Waals surface area contributed by atoms with Crippen molar-refractivity contribution in [2.75, 3.05) is 13.2 Å². The third-order valence-electron chi connectivity index (χ3n) is 2.65. The van der Waals surface area contributed by atoms with E-state index in [0.29, 0.717) is 25.5 Å². The van der Waals surface area contributed by atoms with E-state index in [1.165, 1.54) is 0 Å². The van der Waals surface area contributed by atoms with E-state index < -0.39 is 0 Å². The van der Waals surface area contributed by atoms with Crippen LogP contribution in [0.15, 0.2) is 28.7 Å². The first-order chi connectivity index (χ1) is 9.29. The van der Waals surface area contributed by atoms with E-state index in [4.69, 9.17) is 9.15 Å². The van der Waals surface area contributed by atoms with Crippen LogP contribution >= 0.6 is 0 Å². The molecule has 0 saturated heterocycles. The van der Waals surface area contributed by atoms with Crippen LogP contribution in [-0.2, 0) is 16.1 Å². The Kier molecular flexibility index (Phi) is 4.92. The van der Waals surface area contributed by atoms with Gasteiger partial charge in [0.15, 0.2) is 5.58 Å². The van der Waals surface area contributed by atoms with Crippen LogP contribution in [0.25, 0.3) is 11.1 Å². The highest BCUT2D eigenvalue weighted by Gasteiger charge is 2.04. The Hall–Kier alpha value is -1.88. The fourth-order valence-electron chi connectivity index (χ4n) is 1.78. The van der Waals surface area contributed by atoms with E-state index in [1.54, 1.807) is 0 Å². The van der Waals surface area contributed by atoms with Gasteiger partial charge in [0, 0.05) is 6.42 Å². The SMILES string of the molecule is CCOC(=O)CCCNCc1nc2ccccc2o1. The summed E-state index contributed by atoms with van der Waals surface area (Å²) in [6.07, 6.45) is 1.19. The number of benzene rings is 1. The summed E-state index contributed by atoms with van der Waals surface area (Å²) in [5.41, 5.74) is 1.66. The maximum atomic E-state index is 11.1. The number of ether oxygens (including phenoxy) is 1. The van der Waals surface area contributed by atoms with Crippen molar-refractivity contribution in [1.29, 1.82) is 0 Å². The Bertz CT molecular complexity index is 503. The van der Waals surface area contributed by atoms with Gasteiger partial charge in [0.1, 0.15) is 5.52 Å². The standard InChI is InChI=1S/C14H18N2O3/c1-2-18-14(17)8-5-9-15-10-13-16-11-6-3-4-7-12(11)19-13/h3-4,6-7,15H,2,5,8-10H2,1H3. The molecule has 1 aromatic carbocycles. The van der Waals surface area contributed by atoms with Crippen LogP contribution in [0.5, 0.6) is 0 Å². The highest BCUT2D eigenvalue weighted by atomic mass is 16.5. The topological polar surface area (TPSA) is 64.4 Å². The van der Waals surface area contributed by atoms with Gasteiger partial charge in [-0.2, -0.15) is 0 Å². The zero-order chi connectivity index (χ0) is 13.5. The van der Waals surface area contributed by atoms with Gasteiger partial charge in [-0.15, -0.1) is 0 Å². The molecule has 0 unspecified atom stereocenters. The lowest BCUT2D eigenvalue weighted by Crippen LogP contribution is -2.16. The predicted molar refractivity (Wildman–Crippen MR) is 71.6 cm³/mol. The minimum Gasteiger partial charge on any atom is -0.466 e. The fourth-order valence-corrected chi connectivity index (χ4v) is 1.78. The number of hydrogen-bond donors (Lipinski definition) is 1. The smallest absolute Gasteiger partial charge is 0.305 e. The number of oxazole rings is 1. The summed E-state index contributed by atoms with van der Waals surface area (Å²) in [6.45, 7) is 3.55. The summed E-state index contributed by atoms with van der Waals surface area (Å²) in [4.78, 5) is 15.5. The van der Waals surface area contributed by atoms with Crippen molar-refractivity contribution < 1.29 is 13.9 Å². The number of esters is 1. The van der Waals surface area contributed by atoms with Crippen LogP contribution in [0.3, 0.4) is 0 Å². The zero-order valence-corrected chi connectivity index (χ0v) is 11.0. The third kappa shape index (κ3) is 4.06. The number of aromatic nitrogens is 1. The average Bonchev–Trinajstić information content (AvgIpc) is 2.81. The molecule has 2 aromatic rings. The van der Waals surface area contributed by atoms with Crippen molar-refractivity contribution in [1.82, 2.24) is 10.3 Å². The molecule has 1 N–H and O–H groups in total. The summed E-state index contributed by atoms with van der Waals surface area (Å²) in [5, 5.41) is 3.20. The molecular formula is C14H18N2O3. The molecule has 0 fully saturated rings. The van der Waals surface area contributed by atoms with Gasteiger partial charge in [0.05, 0.1) is 13.2 Å². The lowest BCUT2D eigenvalue weighted by Gasteiger charge is -2.02. The summed E-state index contributed by atoms with van der Waals surface area (Å²) < 4.78 is 10.4. The minimum atomic E-state index is -0.147. The van der Waals surface area contributed by atoms with Gasteiger partial charge < -0.3 is 14.5 Å². The van der Waals surface area contributed by atoms with E-state index in [9.17, 15) is 4.79 Å². The van der Waals surface area contributed by atoms with Gasteiger partial charge >= 0.3 is 5.97 Å². The summed E-state index contributed by atoms with van der Waals surface area (Å²) >= 11 is 0. The van der Waals surface area contributed by atoms with Crippen molar-refractivity contribution in [2.45, 2.75) is 26.3 Å². The van der Waals surface area contributed by atoms with Crippen molar-refractivity contribution >= 4 is 17.1 Å². The Morgan fingerprint density at radius 1 is 1.42 bits per heavy atom. The highest BCUT2D eigenvalue weighted by Crippen LogP contribution is 2.14. The van der Waals surface area contributed by atoms with Crippen molar-refractivity contribution in [3.8, 4) is 0 Å². The second kappa shape index (κ2) is 6.89. The number of nitrogens with zero attached hydrogens (tertiary/aromatic N) is 1. The third-order valence-corrected chi connectivity index (χ3v) is 2.65. The molecule has 0 atom stereocenters. The van der Waals surface area contributed by atoms with E-state index >= 15 is 0 Å². The van der Waals surface area contributed by atoms with Gasteiger partial charge in [-0.1, -0.05) is 12.1 Å². The van der Waals surface area contributed by atoms with Crippen LogP contribution in [0.4, 0.5) is 0 Å². The Labute approximate surface area is 112 Å². The van der Waals surface area contributed by atoms with Crippen LogP contribution in [-0.4, -0.2) is 24.1 Å². The van der Waals surface area contributed by atoms with Crippen LogP contribution in [0.2, 0.25) is 0 Å². The van der Waals surface area contributed by atoms with E-state index in [-0.39, 0.29) is 5.97 Å². The van der Waals surface area contributed by atoms with Crippen molar-refractivity contribution in [2.24, 2.45) is 0 Å². The van der Waals surface area contributed by atoms with Crippen molar-refractivity contribution in [3.05, 3.63) is 30.2 Å².